The molecule has 2 heterocycles. The number of nitrogens with one attached hydrogen (secondary N) is 2. The zero-order chi connectivity index (χ0) is 51.9. The minimum atomic E-state index is -1.42. The van der Waals surface area contributed by atoms with Crippen molar-refractivity contribution in [3.05, 3.63) is 52.7 Å². The van der Waals surface area contributed by atoms with Gasteiger partial charge in [-0.1, -0.05) is 97.3 Å². The van der Waals surface area contributed by atoms with Crippen LogP contribution in [0, 0.1) is 80.8 Å². The van der Waals surface area contributed by atoms with Gasteiger partial charge in [0.25, 0.3) is 0 Å². The maximum atomic E-state index is 15.5. The Hall–Kier alpha value is -2.17. The third-order valence-electron chi connectivity index (χ3n) is 23.5. The van der Waals surface area contributed by atoms with E-state index >= 15 is 9.90 Å². The Balaban J connectivity index is 1.07. The molecule has 1 aliphatic heterocycles. The van der Waals surface area contributed by atoms with Crippen LogP contribution >= 0.6 is 21.6 Å². The van der Waals surface area contributed by atoms with E-state index < -0.39 is 52.8 Å². The number of carbonyl (C=O) groups excluding carboxylic acids is 1. The van der Waals surface area contributed by atoms with E-state index in [1.807, 2.05) is 47.2 Å². The third kappa shape index (κ3) is 7.73. The normalized spacial score (nSPS) is 45.6. The molecule has 14 heteroatoms. The van der Waals surface area contributed by atoms with E-state index in [1.165, 1.54) is 44.9 Å². The van der Waals surface area contributed by atoms with Crippen molar-refractivity contribution < 1.29 is 30.3 Å². The highest BCUT2D eigenvalue weighted by molar-refractivity contribution is 8.77. The van der Waals surface area contributed by atoms with Crippen LogP contribution in [0.4, 0.5) is 0 Å². The quantitative estimate of drug-likeness (QED) is 0.0445. The number of aliphatic hydroxyl groups is 5. The molecule has 408 valence electrons. The molecule has 1 aromatic rings. The highest BCUT2D eigenvalue weighted by Crippen LogP contribution is 2.77. The summed E-state index contributed by atoms with van der Waals surface area (Å²) >= 11 is 0. The van der Waals surface area contributed by atoms with Crippen molar-refractivity contribution in [3.8, 4) is 0 Å². The van der Waals surface area contributed by atoms with Crippen LogP contribution in [0.5, 0.6) is 0 Å². The minimum Gasteiger partial charge on any atom is -0.392 e. The summed E-state index contributed by atoms with van der Waals surface area (Å²) in [6.07, 6.45) is 24.3. The molecular weight excluding hydrogens is 965 g/mol. The molecule has 12 rings (SSSR count). The number of aliphatic imine (C=N–C) groups is 1. The second-order valence-corrected chi connectivity index (χ2v) is 30.4. The summed E-state index contributed by atoms with van der Waals surface area (Å²) in [7, 11) is 5.86. The van der Waals surface area contributed by atoms with Gasteiger partial charge in [0.1, 0.15) is 6.23 Å². The molecule has 0 radical (unpaired) electrons. The van der Waals surface area contributed by atoms with Gasteiger partial charge in [-0.3, -0.25) is 9.79 Å². The topological polar surface area (TPSA) is 198 Å². The van der Waals surface area contributed by atoms with Gasteiger partial charge in [0.05, 0.1) is 30.2 Å². The number of aliphatic hydroxyl groups excluding tert-OH is 4. The molecule has 0 unspecified atom stereocenters. The third-order valence-corrected chi connectivity index (χ3v) is 26.9. The number of guanidine groups is 1. The van der Waals surface area contributed by atoms with E-state index in [2.05, 4.69) is 54.1 Å². The fraction of sp³-hybridized carbons (Fsp3) is 0.817. The largest absolute Gasteiger partial charge is 0.392 e. The molecule has 1 aromatic heterocycles. The van der Waals surface area contributed by atoms with Crippen molar-refractivity contribution in [2.45, 2.75) is 198 Å². The number of allylic oxidation sites excluding steroid dienone is 3. The number of aromatic nitrogens is 2. The van der Waals surface area contributed by atoms with E-state index in [1.54, 1.807) is 29.2 Å². The summed E-state index contributed by atoms with van der Waals surface area (Å²) in [5.74, 6) is -0.230. The zero-order valence-electron chi connectivity index (χ0n) is 45.4. The molecule has 8 fully saturated rings. The zero-order valence-corrected chi connectivity index (χ0v) is 47.0. The standard InChI is InChI=1S/C60H90N6O6S2/c1-33(67)65-54(61)64-29-35-26-57(5)41-25-45(60(57,72)42-24-43(68)50-40(30-62-6)52(70)44(69)28-56(50,4)48(35)42)59(19-9-10-20-59)74-73-31-36(66-22-21-63-32-66)27-55(2,3)51-38-15-12-18-58(16-7-8-17-58)49(38)37-14-11-13-34-23-39(41)53(71)47(51)46(34)37/h21-22,24,32-36,39-41,44-45,47-50,52-53,62,67,69-72H,7-20,23,25-31H2,1-6H3,(H3,61,64,65)/t33-,34+,35-,36+,39+,40+,41-,44+,45-,47-,48+,49-,50+,52-,53+,56-,57-,60+/m1/s1. The second-order valence-electron chi connectivity index (χ2n) is 27.7. The number of nitrogens with zero attached hydrogens (tertiary/aromatic N) is 3. The average molecular weight is 1060 g/mol. The summed E-state index contributed by atoms with van der Waals surface area (Å²) in [6.45, 7) is 11.9. The first-order chi connectivity index (χ1) is 35.3. The molecule has 0 aromatic carbocycles. The fourth-order valence-electron chi connectivity index (χ4n) is 21.3. The van der Waals surface area contributed by atoms with Gasteiger partial charge in [-0.15, -0.1) is 0 Å². The number of rotatable bonds is 6. The smallest absolute Gasteiger partial charge is 0.190 e. The van der Waals surface area contributed by atoms with Crippen molar-refractivity contribution in [3.63, 3.8) is 0 Å². The van der Waals surface area contributed by atoms with Crippen molar-refractivity contribution in [1.82, 2.24) is 20.2 Å². The summed E-state index contributed by atoms with van der Waals surface area (Å²) in [6, 6.07) is 0.172. The Labute approximate surface area is 449 Å². The van der Waals surface area contributed by atoms with E-state index in [0.29, 0.717) is 36.8 Å². The van der Waals surface area contributed by atoms with Gasteiger partial charge in [0.15, 0.2) is 11.7 Å². The van der Waals surface area contributed by atoms with Gasteiger partial charge in [-0.2, -0.15) is 0 Å². The highest BCUT2D eigenvalue weighted by atomic mass is 33.1. The molecule has 12 nitrogen and oxygen atoms in total. The van der Waals surface area contributed by atoms with Gasteiger partial charge in [-0.25, -0.2) is 4.98 Å². The molecule has 74 heavy (non-hydrogen) atoms. The average Bonchev–Trinajstić information content (AvgIpc) is 4.25. The van der Waals surface area contributed by atoms with Crippen molar-refractivity contribution >= 4 is 33.3 Å². The van der Waals surface area contributed by atoms with E-state index in [4.69, 9.17) is 10.7 Å². The lowest BCUT2D eigenvalue weighted by Crippen LogP contribution is -2.68. The molecule has 7 saturated carbocycles. The van der Waals surface area contributed by atoms with Crippen LogP contribution in [-0.4, -0.2) is 108 Å². The monoisotopic (exact) mass is 1050 g/mol. The van der Waals surface area contributed by atoms with Crippen LogP contribution < -0.4 is 16.4 Å². The van der Waals surface area contributed by atoms with E-state index in [0.717, 1.165) is 75.5 Å². The molecule has 0 amide bonds. The lowest BCUT2D eigenvalue weighted by Gasteiger charge is -2.65. The van der Waals surface area contributed by atoms with E-state index in [9.17, 15) is 20.4 Å². The molecule has 11 aliphatic rings. The summed E-state index contributed by atoms with van der Waals surface area (Å²) in [5, 5.41) is 69.6. The molecule has 18 atom stereocenters. The molecule has 4 bridgehead atoms. The Morgan fingerprint density at radius 3 is 2.39 bits per heavy atom. The van der Waals surface area contributed by atoms with Crippen LogP contribution in [0.3, 0.4) is 0 Å². The Bertz CT molecular complexity index is 2460. The Morgan fingerprint density at radius 1 is 0.946 bits per heavy atom. The molecule has 9 N–H and O–H groups in total. The Kier molecular flexibility index (Phi) is 13.5. The predicted molar refractivity (Wildman–Crippen MR) is 294 cm³/mol. The van der Waals surface area contributed by atoms with Crippen molar-refractivity contribution in [1.29, 1.82) is 0 Å². The summed E-state index contributed by atoms with van der Waals surface area (Å²) in [4.78, 5) is 25.1. The number of fused-ring (bicyclic) bond motifs is 15. The van der Waals surface area contributed by atoms with E-state index in [-0.39, 0.29) is 69.9 Å². The number of nitrogens with two attached hydrogens (primary N) is 1. The number of hydrogen-bond acceptors (Lipinski definition) is 11. The molecule has 2 spiro atoms. The van der Waals surface area contributed by atoms with Gasteiger partial charge in [0.2, 0.25) is 0 Å². The first kappa shape index (κ1) is 52.5. The predicted octanol–water partition coefficient (Wildman–Crippen LogP) is 8.66. The molecule has 10 aliphatic carbocycles. The van der Waals surface area contributed by atoms with Crippen LogP contribution in [0.25, 0.3) is 0 Å². The van der Waals surface area contributed by atoms with Gasteiger partial charge < -0.3 is 46.5 Å². The van der Waals surface area contributed by atoms with Crippen LogP contribution in [0.2, 0.25) is 0 Å². The first-order valence-corrected chi connectivity index (χ1v) is 31.8. The minimum absolute atomic E-state index is 0.0542. The fourth-order valence-corrected chi connectivity index (χ4v) is 25.1. The number of hydrogen-bond donors (Lipinski definition) is 8. The Morgan fingerprint density at radius 2 is 1.68 bits per heavy atom. The number of imidazole rings is 1. The summed E-state index contributed by atoms with van der Waals surface area (Å²) in [5.41, 5.74) is 11.1. The van der Waals surface area contributed by atoms with Crippen LogP contribution in [0.15, 0.2) is 57.7 Å². The maximum absolute atomic E-state index is 15.5. The van der Waals surface area contributed by atoms with Crippen LogP contribution in [0.1, 0.15) is 163 Å². The SMILES string of the molecule is CNC[C@@H]1[C@@H](O)[C@@H](O)C[C@]2(C)[C@@H]3C(=CC(=O)[C@H]12)[C@]1(O)[C@@H]2C[C@H]([C@@H]4C[C@@H]5CCCC6=C5[C@H](C(=C5CCCC7(CCCC7)[C@H]65)C(C)(C)C[C@H](n5ccnc5)CSSC25CCCC5)[C@H]4O)[C@@]1(C)C[C@@H]3CN=C(N)N[C@@H](C)O. The van der Waals surface area contributed by atoms with Crippen molar-refractivity contribution in [2.24, 2.45) is 91.6 Å². The van der Waals surface area contributed by atoms with Crippen LogP contribution in [-0.2, 0) is 4.79 Å². The maximum Gasteiger partial charge on any atom is 0.190 e. The van der Waals surface area contributed by atoms with Gasteiger partial charge >= 0.3 is 0 Å². The molecule has 1 saturated heterocycles. The first-order valence-electron chi connectivity index (χ1n) is 29.5. The van der Waals surface area contributed by atoms with Crippen molar-refractivity contribution in [2.75, 3.05) is 25.9 Å². The number of ketones is 1. The van der Waals surface area contributed by atoms with Gasteiger partial charge in [0, 0.05) is 77.0 Å². The number of carbonyl (C=O) groups is 1. The van der Waals surface area contributed by atoms with Gasteiger partial charge in [-0.05, 0) is 168 Å². The molecular formula is C60H90N6O6S2. The lowest BCUT2D eigenvalue weighted by molar-refractivity contribution is -0.185. The summed E-state index contributed by atoms with van der Waals surface area (Å²) < 4.78 is 2.07. The second kappa shape index (κ2) is 19.0. The lowest BCUT2D eigenvalue weighted by atomic mass is 9.40. The highest BCUT2D eigenvalue weighted by Gasteiger charge is 2.76.